The number of hydrogen-bond acceptors (Lipinski definition) is 3. The Morgan fingerprint density at radius 3 is 2.55 bits per heavy atom. The summed E-state index contributed by atoms with van der Waals surface area (Å²) >= 11 is 0. The van der Waals surface area contributed by atoms with Gasteiger partial charge in [0.1, 0.15) is 6.10 Å². The summed E-state index contributed by atoms with van der Waals surface area (Å²) < 4.78 is 5.91. The number of esters is 1. The Hall–Kier alpha value is -1.38. The molecular formula is C26H36O3. The molecule has 0 amide bonds. The minimum atomic E-state index is -0.00513. The molecule has 1 aliphatic heterocycles. The molecule has 1 heterocycles. The van der Waals surface area contributed by atoms with Crippen molar-refractivity contribution >= 4 is 11.8 Å². The molecule has 7 atom stereocenters. The van der Waals surface area contributed by atoms with Gasteiger partial charge in [-0.1, -0.05) is 45.8 Å². The van der Waals surface area contributed by atoms with Gasteiger partial charge in [0.25, 0.3) is 0 Å². The Balaban J connectivity index is 1.57. The minimum Gasteiger partial charge on any atom is -0.462 e. The van der Waals surface area contributed by atoms with Crippen LogP contribution >= 0.6 is 0 Å². The molecule has 3 heteroatoms. The number of rotatable bonds is 3. The van der Waals surface area contributed by atoms with Crippen molar-refractivity contribution in [2.75, 3.05) is 0 Å². The molecule has 5 rings (SSSR count). The van der Waals surface area contributed by atoms with E-state index in [4.69, 9.17) is 4.74 Å². The third kappa shape index (κ3) is 2.68. The lowest BCUT2D eigenvalue weighted by Gasteiger charge is -2.62. The van der Waals surface area contributed by atoms with Gasteiger partial charge in [-0.15, -0.1) is 0 Å². The summed E-state index contributed by atoms with van der Waals surface area (Å²) in [6.45, 7) is 9.58. The molecule has 158 valence electrons. The van der Waals surface area contributed by atoms with Crippen molar-refractivity contribution < 1.29 is 14.3 Å². The largest absolute Gasteiger partial charge is 0.462 e. The number of fused-ring (bicyclic) bond motifs is 4. The Morgan fingerprint density at radius 1 is 1.17 bits per heavy atom. The third-order valence-electron chi connectivity index (χ3n) is 9.89. The molecule has 0 aromatic carbocycles. The molecule has 3 saturated carbocycles. The Morgan fingerprint density at radius 2 is 1.93 bits per heavy atom. The fourth-order valence-corrected chi connectivity index (χ4v) is 8.22. The van der Waals surface area contributed by atoms with Gasteiger partial charge in [-0.2, -0.15) is 0 Å². The molecule has 0 aromatic heterocycles. The first-order chi connectivity index (χ1) is 13.7. The van der Waals surface area contributed by atoms with Gasteiger partial charge in [0.2, 0.25) is 0 Å². The van der Waals surface area contributed by atoms with Crippen molar-refractivity contribution in [3.63, 3.8) is 0 Å². The number of cyclic esters (lactones) is 1. The van der Waals surface area contributed by atoms with Crippen LogP contribution < -0.4 is 0 Å². The lowest BCUT2D eigenvalue weighted by atomic mass is 9.43. The van der Waals surface area contributed by atoms with E-state index in [1.54, 1.807) is 0 Å². The van der Waals surface area contributed by atoms with E-state index in [9.17, 15) is 9.59 Å². The normalized spacial score (nSPS) is 46.0. The molecule has 4 fully saturated rings. The second kappa shape index (κ2) is 6.31. The van der Waals surface area contributed by atoms with E-state index in [0.717, 1.165) is 12.8 Å². The molecular weight excluding hydrogens is 360 g/mol. The maximum atomic E-state index is 12.3. The predicted octanol–water partition coefficient (Wildman–Crippen LogP) is 5.64. The van der Waals surface area contributed by atoms with Gasteiger partial charge in [-0.25, -0.2) is 0 Å². The van der Waals surface area contributed by atoms with Crippen LogP contribution in [0.25, 0.3) is 0 Å². The van der Waals surface area contributed by atoms with E-state index in [1.807, 2.05) is 12.2 Å². The maximum absolute atomic E-state index is 12.3. The first-order valence-corrected chi connectivity index (χ1v) is 11.9. The number of carbonyl (C=O) groups is 2. The zero-order valence-corrected chi connectivity index (χ0v) is 18.5. The van der Waals surface area contributed by atoms with Gasteiger partial charge < -0.3 is 4.74 Å². The van der Waals surface area contributed by atoms with Crippen LogP contribution in [0.2, 0.25) is 0 Å². The highest BCUT2D eigenvalue weighted by molar-refractivity contribution is 6.01. The average molecular weight is 397 g/mol. The molecule has 1 spiro atoms. The van der Waals surface area contributed by atoms with Gasteiger partial charge in [-0.3, -0.25) is 9.59 Å². The van der Waals surface area contributed by atoms with Gasteiger partial charge in [0.05, 0.1) is 0 Å². The van der Waals surface area contributed by atoms with Crippen LogP contribution in [0.3, 0.4) is 0 Å². The maximum Gasteiger partial charge on any atom is 0.306 e. The molecule has 29 heavy (non-hydrogen) atoms. The van der Waals surface area contributed by atoms with Gasteiger partial charge in [0.15, 0.2) is 5.78 Å². The summed E-state index contributed by atoms with van der Waals surface area (Å²) in [5, 5.41) is 0. The number of ketones is 1. The summed E-state index contributed by atoms with van der Waals surface area (Å²) in [5.41, 5.74) is 1.79. The van der Waals surface area contributed by atoms with E-state index < -0.39 is 0 Å². The first-order valence-electron chi connectivity index (χ1n) is 11.9. The Kier molecular flexibility index (Phi) is 4.26. The lowest BCUT2D eigenvalue weighted by Crippen LogP contribution is -2.57. The number of ether oxygens (including phenoxy) is 1. The molecule has 3 nitrogen and oxygen atoms in total. The number of allylic oxidation sites excluding steroid dienone is 4. The monoisotopic (exact) mass is 396 g/mol. The molecule has 1 saturated heterocycles. The summed E-state index contributed by atoms with van der Waals surface area (Å²) in [5.74, 6) is 2.60. The van der Waals surface area contributed by atoms with Crippen LogP contribution in [0.1, 0.15) is 79.1 Å². The van der Waals surface area contributed by atoms with Gasteiger partial charge in [-0.05, 0) is 79.8 Å². The van der Waals surface area contributed by atoms with Crippen LogP contribution in [0.5, 0.6) is 0 Å². The zero-order chi connectivity index (χ0) is 20.6. The smallest absolute Gasteiger partial charge is 0.306 e. The van der Waals surface area contributed by atoms with Crippen molar-refractivity contribution in [3.05, 3.63) is 23.8 Å². The van der Waals surface area contributed by atoms with Gasteiger partial charge in [0, 0.05) is 17.3 Å². The molecule has 4 unspecified atom stereocenters. The fraction of sp³-hybridized carbons (Fsp3) is 0.769. The predicted molar refractivity (Wildman–Crippen MR) is 113 cm³/mol. The van der Waals surface area contributed by atoms with Crippen molar-refractivity contribution in [2.45, 2.75) is 85.2 Å². The van der Waals surface area contributed by atoms with Crippen LogP contribution in [0, 0.1) is 39.9 Å². The topological polar surface area (TPSA) is 43.4 Å². The molecule has 0 radical (unpaired) electrons. The summed E-state index contributed by atoms with van der Waals surface area (Å²) in [7, 11) is 0. The standard InChI is InChI=1S/C26H36O3/c1-5-16(2)23-18-15-26(12-13-26)20-14-17(27)8-10-24(20,3)19(18)9-11-25(23,4)21-6-7-22(28)29-21/h8,10,14,16,18-19,21,23H,5-7,9,11-13,15H2,1-4H3/t16?,18?,19?,21-,23?,24-,25-/m1/s1. The van der Waals surface area contributed by atoms with Crippen LogP contribution in [-0.2, 0) is 14.3 Å². The third-order valence-corrected chi connectivity index (χ3v) is 9.89. The average Bonchev–Trinajstić information content (AvgIpc) is 3.31. The fourth-order valence-electron chi connectivity index (χ4n) is 8.22. The zero-order valence-electron chi connectivity index (χ0n) is 18.5. The molecule has 0 aromatic rings. The molecule has 0 bridgehead atoms. The van der Waals surface area contributed by atoms with Crippen LogP contribution in [0.15, 0.2) is 23.8 Å². The lowest BCUT2D eigenvalue weighted by molar-refractivity contribution is -0.160. The van der Waals surface area contributed by atoms with Crippen LogP contribution in [-0.4, -0.2) is 17.9 Å². The van der Waals surface area contributed by atoms with Crippen molar-refractivity contribution in [2.24, 2.45) is 39.9 Å². The SMILES string of the molecule is CCC(C)C1C2CC3(CC3)C3=CC(=O)C=C[C@]3(C)C2CC[C@]1(C)[C@H]1CCC(=O)O1. The van der Waals surface area contributed by atoms with Crippen molar-refractivity contribution in [1.82, 2.24) is 0 Å². The van der Waals surface area contributed by atoms with Gasteiger partial charge >= 0.3 is 5.97 Å². The number of carbonyl (C=O) groups excluding carboxylic acids is 2. The van der Waals surface area contributed by atoms with E-state index in [1.165, 1.54) is 37.7 Å². The Labute approximate surface area is 175 Å². The van der Waals surface area contributed by atoms with Crippen molar-refractivity contribution in [3.8, 4) is 0 Å². The highest BCUT2D eigenvalue weighted by Crippen LogP contribution is 2.73. The van der Waals surface area contributed by atoms with Crippen LogP contribution in [0.4, 0.5) is 0 Å². The highest BCUT2D eigenvalue weighted by Gasteiger charge is 2.65. The molecule has 5 aliphatic rings. The quantitative estimate of drug-likeness (QED) is 0.580. The van der Waals surface area contributed by atoms with E-state index >= 15 is 0 Å². The van der Waals surface area contributed by atoms with E-state index in [2.05, 4.69) is 33.8 Å². The summed E-state index contributed by atoms with van der Waals surface area (Å²) in [4.78, 5) is 24.2. The summed E-state index contributed by atoms with van der Waals surface area (Å²) in [6, 6.07) is 0. The number of hydrogen-bond donors (Lipinski definition) is 0. The molecule has 0 N–H and O–H groups in total. The molecule has 4 aliphatic carbocycles. The Bertz CT molecular complexity index is 803. The second-order valence-corrected chi connectivity index (χ2v) is 11.3. The first kappa shape index (κ1) is 19.6. The highest BCUT2D eigenvalue weighted by atomic mass is 16.5. The summed E-state index contributed by atoms with van der Waals surface area (Å²) in [6.07, 6.45) is 14.8. The minimum absolute atomic E-state index is 0.00513. The van der Waals surface area contributed by atoms with E-state index in [-0.39, 0.29) is 34.1 Å². The van der Waals surface area contributed by atoms with E-state index in [0.29, 0.717) is 30.1 Å². The van der Waals surface area contributed by atoms with Crippen molar-refractivity contribution in [1.29, 1.82) is 0 Å². The second-order valence-electron chi connectivity index (χ2n) is 11.3.